The van der Waals surface area contributed by atoms with Crippen molar-refractivity contribution in [2.24, 2.45) is 4.99 Å². The van der Waals surface area contributed by atoms with Gasteiger partial charge in [0.05, 0.1) is 0 Å². The lowest BCUT2D eigenvalue weighted by Crippen LogP contribution is -2.21. The normalized spacial score (nSPS) is 18.1. The largest absolute Gasteiger partial charge is 0.342 e. The van der Waals surface area contributed by atoms with Gasteiger partial charge in [0.1, 0.15) is 6.17 Å². The summed E-state index contributed by atoms with van der Waals surface area (Å²) in [4.78, 5) is 4.70. The van der Waals surface area contributed by atoms with E-state index in [0.29, 0.717) is 0 Å². The van der Waals surface area contributed by atoms with Gasteiger partial charge in [-0.05, 0) is 62.3 Å². The van der Waals surface area contributed by atoms with Gasteiger partial charge in [0, 0.05) is 22.8 Å². The fourth-order valence-corrected chi connectivity index (χ4v) is 3.02. The molecule has 1 aromatic rings. The summed E-state index contributed by atoms with van der Waals surface area (Å²) in [5, 5.41) is 4.03. The summed E-state index contributed by atoms with van der Waals surface area (Å²) in [6.07, 6.45) is 14.5. The third-order valence-electron chi connectivity index (χ3n) is 3.50. The summed E-state index contributed by atoms with van der Waals surface area (Å²) in [6.45, 7) is 7.82. The second kappa shape index (κ2) is 7.95. The number of amidine groups is 1. The van der Waals surface area contributed by atoms with Gasteiger partial charge in [-0.3, -0.25) is 0 Å². The van der Waals surface area contributed by atoms with Crippen LogP contribution in [0.15, 0.2) is 48.3 Å². The van der Waals surface area contributed by atoms with Crippen LogP contribution in [0.25, 0.3) is 6.08 Å². The molecule has 0 saturated carbocycles. The Morgan fingerprint density at radius 3 is 2.96 bits per heavy atom. The molecule has 1 atom stereocenters. The van der Waals surface area contributed by atoms with E-state index in [4.69, 9.17) is 4.99 Å². The van der Waals surface area contributed by atoms with Crippen LogP contribution in [-0.2, 0) is 6.42 Å². The molecule has 2 N–H and O–H groups in total. The van der Waals surface area contributed by atoms with Gasteiger partial charge in [0.2, 0.25) is 0 Å². The van der Waals surface area contributed by atoms with Crippen molar-refractivity contribution < 1.29 is 4.55 Å². The third-order valence-corrected chi connectivity index (χ3v) is 4.75. The molecular formula is C17H23N3OS2. The van der Waals surface area contributed by atoms with Crippen LogP contribution in [0.4, 0.5) is 0 Å². The molecule has 0 saturated heterocycles. The minimum atomic E-state index is -0.236. The summed E-state index contributed by atoms with van der Waals surface area (Å²) in [5.74, 6) is 0. The van der Waals surface area contributed by atoms with Crippen LogP contribution >= 0.6 is 23.8 Å². The molecule has 0 radical (unpaired) electrons. The molecule has 6 heteroatoms. The van der Waals surface area contributed by atoms with Crippen molar-refractivity contribution in [3.05, 3.63) is 54.5 Å². The zero-order valence-corrected chi connectivity index (χ0v) is 15.3. The summed E-state index contributed by atoms with van der Waals surface area (Å²) in [5.41, 5.74) is 2.27. The fraction of sp³-hybridized carbons (Fsp3) is 0.353. The summed E-state index contributed by atoms with van der Waals surface area (Å²) >= 11 is 2.49. The summed E-state index contributed by atoms with van der Waals surface area (Å²) in [7, 11) is 0. The Morgan fingerprint density at radius 2 is 2.30 bits per heavy atom. The van der Waals surface area contributed by atoms with Crippen molar-refractivity contribution in [1.82, 2.24) is 9.88 Å². The number of nitrogens with zero attached hydrogens (tertiary/aromatic N) is 2. The molecule has 0 amide bonds. The van der Waals surface area contributed by atoms with E-state index in [-0.39, 0.29) is 10.9 Å². The average Bonchev–Trinajstić information content (AvgIpc) is 2.94. The molecule has 0 bridgehead atoms. The van der Waals surface area contributed by atoms with Crippen LogP contribution < -0.4 is 5.32 Å². The lowest BCUT2D eigenvalue weighted by molar-refractivity contribution is 0.595. The fourth-order valence-electron chi connectivity index (χ4n) is 2.40. The Morgan fingerprint density at radius 1 is 1.52 bits per heavy atom. The first-order valence-corrected chi connectivity index (χ1v) is 9.37. The molecule has 0 aliphatic carbocycles. The van der Waals surface area contributed by atoms with Crippen molar-refractivity contribution in [1.29, 1.82) is 0 Å². The molecule has 1 aliphatic rings. The second-order valence-electron chi connectivity index (χ2n) is 5.81. The van der Waals surface area contributed by atoms with E-state index >= 15 is 0 Å². The zero-order valence-electron chi connectivity index (χ0n) is 13.7. The summed E-state index contributed by atoms with van der Waals surface area (Å²) < 4.78 is 11.4. The molecule has 1 aliphatic heterocycles. The van der Waals surface area contributed by atoms with Gasteiger partial charge in [-0.15, -0.1) is 0 Å². The first kappa shape index (κ1) is 18.0. The summed E-state index contributed by atoms with van der Waals surface area (Å²) in [6, 6.07) is 2.10. The number of thioether (sulfide) groups is 1. The topological polar surface area (TPSA) is 49.5 Å². The van der Waals surface area contributed by atoms with Crippen molar-refractivity contribution in [3.63, 3.8) is 0 Å². The molecule has 1 unspecified atom stereocenters. The van der Waals surface area contributed by atoms with Gasteiger partial charge in [0.15, 0.2) is 5.17 Å². The van der Waals surface area contributed by atoms with Crippen molar-refractivity contribution in [2.75, 3.05) is 6.26 Å². The second-order valence-corrected chi connectivity index (χ2v) is 7.89. The van der Waals surface area contributed by atoms with E-state index < -0.39 is 0 Å². The van der Waals surface area contributed by atoms with E-state index in [0.717, 1.165) is 29.3 Å². The SMILES string of the molecule is C=C/C=C\c1c(CC(C)(C)SO)ccn1C1C=CNC(SC)=N1. The van der Waals surface area contributed by atoms with Crippen LogP contribution in [0, 0.1) is 0 Å². The third kappa shape index (κ3) is 4.56. The van der Waals surface area contributed by atoms with Gasteiger partial charge in [0.25, 0.3) is 0 Å². The Labute approximate surface area is 146 Å². The van der Waals surface area contributed by atoms with E-state index in [1.807, 2.05) is 44.5 Å². The van der Waals surface area contributed by atoms with Crippen molar-refractivity contribution in [2.45, 2.75) is 31.2 Å². The Bertz CT molecular complexity index is 644. The molecule has 1 aromatic heterocycles. The van der Waals surface area contributed by atoms with E-state index in [9.17, 15) is 4.55 Å². The first-order chi connectivity index (χ1) is 11.0. The molecule has 0 aromatic carbocycles. The number of hydrogen-bond acceptors (Lipinski definition) is 5. The molecule has 23 heavy (non-hydrogen) atoms. The quantitative estimate of drug-likeness (QED) is 0.584. The van der Waals surface area contributed by atoms with E-state index in [1.54, 1.807) is 17.8 Å². The highest BCUT2D eigenvalue weighted by atomic mass is 32.2. The van der Waals surface area contributed by atoms with Gasteiger partial charge in [-0.2, -0.15) is 0 Å². The van der Waals surface area contributed by atoms with E-state index in [2.05, 4.69) is 28.7 Å². The van der Waals surface area contributed by atoms with Crippen LogP contribution in [0.1, 0.15) is 31.3 Å². The van der Waals surface area contributed by atoms with Crippen molar-refractivity contribution in [3.8, 4) is 0 Å². The molecule has 0 fully saturated rings. The Kier molecular flexibility index (Phi) is 6.21. The van der Waals surface area contributed by atoms with E-state index in [1.165, 1.54) is 5.56 Å². The highest BCUT2D eigenvalue weighted by Gasteiger charge is 2.23. The predicted octanol–water partition coefficient (Wildman–Crippen LogP) is 4.55. The number of hydrogen-bond donors (Lipinski definition) is 2. The van der Waals surface area contributed by atoms with Gasteiger partial charge < -0.3 is 14.4 Å². The van der Waals surface area contributed by atoms with Crippen molar-refractivity contribution >= 4 is 35.0 Å². The smallest absolute Gasteiger partial charge is 0.162 e. The molecule has 2 rings (SSSR count). The minimum Gasteiger partial charge on any atom is -0.342 e. The Balaban J connectivity index is 2.40. The maximum absolute atomic E-state index is 9.48. The number of aliphatic imine (C=N–C) groups is 1. The maximum Gasteiger partial charge on any atom is 0.162 e. The standard InChI is InChI=1S/C17H23N3OS2/c1-5-6-7-14-13(12-17(2,3)23-21)9-11-20(14)15-8-10-18-16(19-15)22-4/h5-11,15,21H,1,12H2,2-4H3,(H,18,19)/b7-6-. The van der Waals surface area contributed by atoms with Crippen LogP contribution in [0.2, 0.25) is 0 Å². The first-order valence-electron chi connectivity index (χ1n) is 7.37. The highest BCUT2D eigenvalue weighted by molar-refractivity contribution is 8.13. The minimum absolute atomic E-state index is 0.0678. The van der Waals surface area contributed by atoms with Crippen LogP contribution in [0.5, 0.6) is 0 Å². The van der Waals surface area contributed by atoms with Gasteiger partial charge in [-0.1, -0.05) is 30.5 Å². The number of aromatic nitrogens is 1. The lowest BCUT2D eigenvalue weighted by atomic mass is 10.0. The number of nitrogens with one attached hydrogen (secondary N) is 1. The predicted molar refractivity (Wildman–Crippen MR) is 104 cm³/mol. The van der Waals surface area contributed by atoms with Crippen LogP contribution in [0.3, 0.4) is 0 Å². The average molecular weight is 350 g/mol. The molecular weight excluding hydrogens is 326 g/mol. The molecule has 2 heterocycles. The lowest BCUT2D eigenvalue weighted by Gasteiger charge is -2.22. The Hall–Kier alpha value is -1.37. The number of rotatable bonds is 6. The highest BCUT2D eigenvalue weighted by Crippen LogP contribution is 2.30. The monoisotopic (exact) mass is 349 g/mol. The van der Waals surface area contributed by atoms with Gasteiger partial charge in [-0.25, -0.2) is 4.99 Å². The van der Waals surface area contributed by atoms with Crippen LogP contribution in [-0.4, -0.2) is 25.3 Å². The van der Waals surface area contributed by atoms with Gasteiger partial charge >= 0.3 is 0 Å². The number of allylic oxidation sites excluding steroid dienone is 2. The molecule has 0 spiro atoms. The maximum atomic E-state index is 9.48. The molecule has 124 valence electrons. The molecule has 4 nitrogen and oxygen atoms in total. The zero-order chi connectivity index (χ0) is 16.9.